The molecule has 0 saturated carbocycles. The molecule has 2 aliphatic heterocycles. The third-order valence-electron chi connectivity index (χ3n) is 2.90. The quantitative estimate of drug-likeness (QED) is 0.466. The second kappa shape index (κ2) is 4.97. The number of hydrogen-bond donors (Lipinski definition) is 0. The second-order valence-electron chi connectivity index (χ2n) is 4.34. The van der Waals surface area contributed by atoms with Gasteiger partial charge in [-0.2, -0.15) is 0 Å². The van der Waals surface area contributed by atoms with Crippen molar-refractivity contribution >= 4 is 5.97 Å². The molecule has 0 amide bonds. The van der Waals surface area contributed by atoms with Crippen LogP contribution in [0.3, 0.4) is 0 Å². The number of rotatable bonds is 0. The van der Waals surface area contributed by atoms with Gasteiger partial charge in [0.15, 0.2) is 5.79 Å². The standard InChI is InChI=1S/C12H18O4/c1-10-5-3-2-4-6-12(9-11(13)16-10)14-7-8-15-12/h2,4,10H,3,5-9H2,1H3/b4-2+/t10-/m1/s1. The minimum atomic E-state index is -0.773. The third-order valence-corrected chi connectivity index (χ3v) is 2.90. The van der Waals surface area contributed by atoms with E-state index in [0.29, 0.717) is 19.6 Å². The van der Waals surface area contributed by atoms with Gasteiger partial charge in [0.2, 0.25) is 0 Å². The van der Waals surface area contributed by atoms with Crippen LogP contribution in [-0.2, 0) is 19.0 Å². The summed E-state index contributed by atoms with van der Waals surface area (Å²) < 4.78 is 16.4. The molecule has 0 bridgehead atoms. The fraction of sp³-hybridized carbons (Fsp3) is 0.750. The summed E-state index contributed by atoms with van der Waals surface area (Å²) in [6.07, 6.45) is 6.70. The molecule has 1 saturated heterocycles. The maximum atomic E-state index is 11.7. The van der Waals surface area contributed by atoms with Gasteiger partial charge in [0, 0.05) is 6.42 Å². The van der Waals surface area contributed by atoms with E-state index in [1.807, 2.05) is 13.0 Å². The predicted molar refractivity (Wildman–Crippen MR) is 57.8 cm³/mol. The van der Waals surface area contributed by atoms with Gasteiger partial charge in [0.25, 0.3) is 0 Å². The maximum Gasteiger partial charge on any atom is 0.311 e. The highest BCUT2D eigenvalue weighted by molar-refractivity contribution is 5.70. The first-order chi connectivity index (χ1) is 7.70. The lowest BCUT2D eigenvalue weighted by molar-refractivity contribution is -0.184. The van der Waals surface area contributed by atoms with Crippen molar-refractivity contribution in [2.45, 2.75) is 44.5 Å². The molecule has 90 valence electrons. The lowest BCUT2D eigenvalue weighted by Crippen LogP contribution is -2.34. The number of hydrogen-bond acceptors (Lipinski definition) is 4. The van der Waals surface area contributed by atoms with Crippen molar-refractivity contribution in [1.29, 1.82) is 0 Å². The van der Waals surface area contributed by atoms with Crippen LogP contribution in [0.4, 0.5) is 0 Å². The van der Waals surface area contributed by atoms with Gasteiger partial charge in [-0.3, -0.25) is 4.79 Å². The van der Waals surface area contributed by atoms with Crippen LogP contribution in [-0.4, -0.2) is 31.1 Å². The number of esters is 1. The molecule has 0 N–H and O–H groups in total. The van der Waals surface area contributed by atoms with Gasteiger partial charge in [-0.15, -0.1) is 0 Å². The number of carbonyl (C=O) groups is 1. The topological polar surface area (TPSA) is 44.8 Å². The Balaban J connectivity index is 2.07. The Morgan fingerprint density at radius 3 is 2.81 bits per heavy atom. The minimum Gasteiger partial charge on any atom is -0.462 e. The molecule has 0 aromatic heterocycles. The van der Waals surface area contributed by atoms with Crippen LogP contribution < -0.4 is 0 Å². The number of cyclic esters (lactones) is 1. The molecule has 0 unspecified atom stereocenters. The summed E-state index contributed by atoms with van der Waals surface area (Å²) in [5.74, 6) is -1.00. The van der Waals surface area contributed by atoms with Crippen LogP contribution in [0.1, 0.15) is 32.6 Å². The fourth-order valence-electron chi connectivity index (χ4n) is 2.05. The lowest BCUT2D eigenvalue weighted by Gasteiger charge is -2.26. The van der Waals surface area contributed by atoms with E-state index in [9.17, 15) is 4.79 Å². The SMILES string of the molecule is C[C@@H]1CC/C=C/CC2(CC(=O)O1)OCCO2. The van der Waals surface area contributed by atoms with Crippen molar-refractivity contribution in [3.63, 3.8) is 0 Å². The normalized spacial score (nSPS) is 32.3. The molecule has 2 aliphatic rings. The summed E-state index contributed by atoms with van der Waals surface area (Å²) in [7, 11) is 0. The van der Waals surface area contributed by atoms with Crippen molar-refractivity contribution < 1.29 is 19.0 Å². The van der Waals surface area contributed by atoms with Gasteiger partial charge in [0.1, 0.15) is 0 Å². The van der Waals surface area contributed by atoms with Gasteiger partial charge >= 0.3 is 5.97 Å². The van der Waals surface area contributed by atoms with E-state index in [4.69, 9.17) is 14.2 Å². The average molecular weight is 226 g/mol. The Labute approximate surface area is 95.6 Å². The molecule has 2 heterocycles. The first-order valence-electron chi connectivity index (χ1n) is 5.83. The van der Waals surface area contributed by atoms with E-state index in [1.165, 1.54) is 0 Å². The van der Waals surface area contributed by atoms with E-state index in [2.05, 4.69) is 6.08 Å². The highest BCUT2D eigenvalue weighted by Crippen LogP contribution is 2.29. The Morgan fingerprint density at radius 2 is 2.06 bits per heavy atom. The van der Waals surface area contributed by atoms with E-state index >= 15 is 0 Å². The molecular formula is C12H18O4. The van der Waals surface area contributed by atoms with E-state index in [-0.39, 0.29) is 18.5 Å². The molecule has 0 radical (unpaired) electrons. The number of ether oxygens (including phenoxy) is 3. The molecule has 4 heteroatoms. The van der Waals surface area contributed by atoms with E-state index in [1.54, 1.807) is 0 Å². The van der Waals surface area contributed by atoms with Crippen LogP contribution in [0, 0.1) is 0 Å². The summed E-state index contributed by atoms with van der Waals surface area (Å²) in [6, 6.07) is 0. The molecular weight excluding hydrogens is 208 g/mol. The first-order valence-corrected chi connectivity index (χ1v) is 5.83. The van der Waals surface area contributed by atoms with Crippen molar-refractivity contribution in [3.8, 4) is 0 Å². The molecule has 1 spiro atoms. The molecule has 1 atom stereocenters. The Hall–Kier alpha value is -0.870. The van der Waals surface area contributed by atoms with E-state index in [0.717, 1.165) is 12.8 Å². The van der Waals surface area contributed by atoms with Gasteiger partial charge in [-0.1, -0.05) is 12.2 Å². The molecule has 4 nitrogen and oxygen atoms in total. The Bertz CT molecular complexity index is 279. The summed E-state index contributed by atoms with van der Waals surface area (Å²) in [5, 5.41) is 0. The average Bonchev–Trinajstić information content (AvgIpc) is 2.65. The second-order valence-corrected chi connectivity index (χ2v) is 4.34. The van der Waals surface area contributed by atoms with Crippen molar-refractivity contribution in [2.75, 3.05) is 13.2 Å². The van der Waals surface area contributed by atoms with Crippen molar-refractivity contribution in [1.82, 2.24) is 0 Å². The maximum absolute atomic E-state index is 11.7. The van der Waals surface area contributed by atoms with Crippen LogP contribution in [0.2, 0.25) is 0 Å². The number of allylic oxidation sites excluding steroid dienone is 1. The molecule has 1 fully saturated rings. The molecule has 16 heavy (non-hydrogen) atoms. The monoisotopic (exact) mass is 226 g/mol. The largest absolute Gasteiger partial charge is 0.462 e. The fourth-order valence-corrected chi connectivity index (χ4v) is 2.05. The van der Waals surface area contributed by atoms with Gasteiger partial charge < -0.3 is 14.2 Å². The predicted octanol–water partition coefficient (Wildman–Crippen LogP) is 1.79. The smallest absolute Gasteiger partial charge is 0.311 e. The third kappa shape index (κ3) is 2.83. The van der Waals surface area contributed by atoms with Crippen molar-refractivity contribution in [3.05, 3.63) is 12.2 Å². The van der Waals surface area contributed by atoms with Crippen LogP contribution in [0.5, 0.6) is 0 Å². The first kappa shape index (κ1) is 11.6. The summed E-state index contributed by atoms with van der Waals surface area (Å²) >= 11 is 0. The lowest BCUT2D eigenvalue weighted by atomic mass is 10.1. The van der Waals surface area contributed by atoms with E-state index < -0.39 is 5.79 Å². The molecule has 0 aliphatic carbocycles. The number of carbonyl (C=O) groups excluding carboxylic acids is 1. The summed E-state index contributed by atoms with van der Waals surface area (Å²) in [5.41, 5.74) is 0. The van der Waals surface area contributed by atoms with Crippen LogP contribution in [0.15, 0.2) is 12.2 Å². The highest BCUT2D eigenvalue weighted by atomic mass is 16.7. The van der Waals surface area contributed by atoms with Crippen LogP contribution in [0.25, 0.3) is 0 Å². The molecule has 0 aromatic rings. The van der Waals surface area contributed by atoms with Gasteiger partial charge in [0.05, 0.1) is 25.7 Å². The van der Waals surface area contributed by atoms with Crippen molar-refractivity contribution in [2.24, 2.45) is 0 Å². The zero-order chi connectivity index (χ0) is 11.4. The Morgan fingerprint density at radius 1 is 1.31 bits per heavy atom. The zero-order valence-electron chi connectivity index (χ0n) is 9.61. The molecule has 2 rings (SSSR count). The zero-order valence-corrected chi connectivity index (χ0v) is 9.61. The van der Waals surface area contributed by atoms with Gasteiger partial charge in [-0.05, 0) is 19.8 Å². The van der Waals surface area contributed by atoms with Gasteiger partial charge in [-0.25, -0.2) is 0 Å². The minimum absolute atomic E-state index is 0.0336. The summed E-state index contributed by atoms with van der Waals surface area (Å²) in [4.78, 5) is 11.7. The highest BCUT2D eigenvalue weighted by Gasteiger charge is 2.38. The Kier molecular flexibility index (Phi) is 3.61. The molecule has 0 aromatic carbocycles. The summed E-state index contributed by atoms with van der Waals surface area (Å²) in [6.45, 7) is 3.02. The van der Waals surface area contributed by atoms with Crippen LogP contribution >= 0.6 is 0 Å².